The van der Waals surface area contributed by atoms with Crippen molar-refractivity contribution in [2.75, 3.05) is 58.0 Å². The summed E-state index contributed by atoms with van der Waals surface area (Å²) in [6.45, 7) is 7.35. The van der Waals surface area contributed by atoms with Gasteiger partial charge in [-0.15, -0.1) is 11.3 Å². The molecule has 0 N–H and O–H groups in total. The molecule has 8 heteroatoms. The normalized spacial score (nSPS) is 19.9. The fourth-order valence-corrected chi connectivity index (χ4v) is 5.27. The minimum Gasteiger partial charge on any atom is -0.385 e. The summed E-state index contributed by atoms with van der Waals surface area (Å²) < 4.78 is 11.8. The van der Waals surface area contributed by atoms with Crippen LogP contribution in [0, 0.1) is 5.92 Å². The standard InChI is InChI=1S/C19H27ClN4O2S/c1-25-9-4-14-2-5-23(6-3-14)13-15-12-16-17(27-15)18(22-19(20)21-16)24-7-10-26-11-8-24/h12,14H,2-11,13H2,1H3. The second kappa shape index (κ2) is 9.01. The number of hydrogen-bond acceptors (Lipinski definition) is 7. The third kappa shape index (κ3) is 4.71. The van der Waals surface area contributed by atoms with E-state index in [0.717, 1.165) is 74.5 Å². The van der Waals surface area contributed by atoms with Crippen molar-refractivity contribution in [1.82, 2.24) is 14.9 Å². The Morgan fingerprint density at radius 3 is 2.74 bits per heavy atom. The summed E-state index contributed by atoms with van der Waals surface area (Å²) in [6.07, 6.45) is 3.71. The number of hydrogen-bond donors (Lipinski definition) is 0. The second-order valence-corrected chi connectivity index (χ2v) is 8.82. The van der Waals surface area contributed by atoms with Gasteiger partial charge in [0.05, 0.1) is 23.4 Å². The van der Waals surface area contributed by atoms with E-state index in [4.69, 9.17) is 21.1 Å². The molecule has 2 aliphatic rings. The van der Waals surface area contributed by atoms with Gasteiger partial charge in [0, 0.05) is 38.2 Å². The van der Waals surface area contributed by atoms with E-state index in [0.29, 0.717) is 5.28 Å². The van der Waals surface area contributed by atoms with Gasteiger partial charge in [-0.1, -0.05) is 0 Å². The molecule has 0 radical (unpaired) electrons. The number of likely N-dealkylation sites (tertiary alicyclic amines) is 1. The first kappa shape index (κ1) is 19.3. The Balaban J connectivity index is 1.46. The first-order chi connectivity index (χ1) is 13.2. The molecule has 0 bridgehead atoms. The number of ether oxygens (including phenoxy) is 2. The van der Waals surface area contributed by atoms with E-state index in [1.807, 2.05) is 0 Å². The van der Waals surface area contributed by atoms with Crippen LogP contribution in [0.15, 0.2) is 6.07 Å². The smallest absolute Gasteiger partial charge is 0.224 e. The summed E-state index contributed by atoms with van der Waals surface area (Å²) in [4.78, 5) is 15.2. The number of aromatic nitrogens is 2. The molecule has 2 aliphatic heterocycles. The topological polar surface area (TPSA) is 50.7 Å². The number of fused-ring (bicyclic) bond motifs is 1. The summed E-state index contributed by atoms with van der Waals surface area (Å²) in [6, 6.07) is 2.19. The maximum atomic E-state index is 6.21. The third-order valence-corrected chi connectivity index (χ3v) is 6.78. The molecule has 0 aliphatic carbocycles. The molecule has 0 atom stereocenters. The Kier molecular flexibility index (Phi) is 6.45. The lowest BCUT2D eigenvalue weighted by Gasteiger charge is -2.31. The number of anilines is 1. The van der Waals surface area contributed by atoms with Crippen LogP contribution in [-0.2, 0) is 16.0 Å². The van der Waals surface area contributed by atoms with E-state index in [1.54, 1.807) is 18.4 Å². The van der Waals surface area contributed by atoms with Crippen LogP contribution in [0.2, 0.25) is 5.28 Å². The lowest BCUT2D eigenvalue weighted by molar-refractivity contribution is 0.122. The molecule has 2 fully saturated rings. The lowest BCUT2D eigenvalue weighted by Crippen LogP contribution is -2.36. The monoisotopic (exact) mass is 410 g/mol. The zero-order valence-corrected chi connectivity index (χ0v) is 17.4. The van der Waals surface area contributed by atoms with E-state index >= 15 is 0 Å². The molecule has 0 spiro atoms. The molecule has 27 heavy (non-hydrogen) atoms. The lowest BCUT2D eigenvalue weighted by atomic mass is 9.94. The largest absolute Gasteiger partial charge is 0.385 e. The van der Waals surface area contributed by atoms with Crippen molar-refractivity contribution in [1.29, 1.82) is 0 Å². The van der Waals surface area contributed by atoms with Crippen molar-refractivity contribution >= 4 is 39.0 Å². The number of nitrogens with zero attached hydrogens (tertiary/aromatic N) is 4. The van der Waals surface area contributed by atoms with Gasteiger partial charge in [0.15, 0.2) is 5.82 Å². The van der Waals surface area contributed by atoms with Crippen LogP contribution in [0.25, 0.3) is 10.2 Å². The van der Waals surface area contributed by atoms with Crippen LogP contribution in [0.5, 0.6) is 0 Å². The van der Waals surface area contributed by atoms with E-state index < -0.39 is 0 Å². The maximum Gasteiger partial charge on any atom is 0.224 e. The minimum atomic E-state index is 0.326. The Morgan fingerprint density at radius 2 is 2.00 bits per heavy atom. The van der Waals surface area contributed by atoms with Gasteiger partial charge < -0.3 is 14.4 Å². The number of thiophene rings is 1. The molecule has 0 saturated carbocycles. The van der Waals surface area contributed by atoms with Gasteiger partial charge in [-0.25, -0.2) is 4.98 Å². The van der Waals surface area contributed by atoms with Crippen molar-refractivity contribution in [2.45, 2.75) is 25.8 Å². The Bertz CT molecular complexity index is 757. The van der Waals surface area contributed by atoms with Crippen LogP contribution < -0.4 is 4.90 Å². The van der Waals surface area contributed by atoms with E-state index in [9.17, 15) is 0 Å². The maximum absolute atomic E-state index is 6.21. The van der Waals surface area contributed by atoms with Gasteiger partial charge in [-0.3, -0.25) is 4.90 Å². The second-order valence-electron chi connectivity index (χ2n) is 7.34. The predicted molar refractivity (Wildman–Crippen MR) is 110 cm³/mol. The van der Waals surface area contributed by atoms with Crippen LogP contribution >= 0.6 is 22.9 Å². The summed E-state index contributed by atoms with van der Waals surface area (Å²) >= 11 is 8.01. The minimum absolute atomic E-state index is 0.326. The fraction of sp³-hybridized carbons (Fsp3) is 0.684. The molecule has 2 aromatic heterocycles. The molecule has 0 amide bonds. The average molecular weight is 411 g/mol. The van der Waals surface area contributed by atoms with Crippen LogP contribution in [0.3, 0.4) is 0 Å². The summed E-state index contributed by atoms with van der Waals surface area (Å²) in [5.74, 6) is 1.77. The van der Waals surface area contributed by atoms with Crippen molar-refractivity contribution < 1.29 is 9.47 Å². The van der Waals surface area contributed by atoms with Gasteiger partial charge >= 0.3 is 0 Å². The molecule has 4 heterocycles. The molecular weight excluding hydrogens is 384 g/mol. The summed E-state index contributed by atoms with van der Waals surface area (Å²) in [5, 5.41) is 0.326. The molecule has 6 nitrogen and oxygen atoms in total. The molecule has 0 unspecified atom stereocenters. The van der Waals surface area contributed by atoms with Crippen molar-refractivity contribution in [3.05, 3.63) is 16.2 Å². The Labute approximate surface area is 169 Å². The average Bonchev–Trinajstić information content (AvgIpc) is 3.09. The first-order valence-electron chi connectivity index (χ1n) is 9.73. The highest BCUT2D eigenvalue weighted by molar-refractivity contribution is 7.19. The number of halogens is 1. The van der Waals surface area contributed by atoms with E-state index in [2.05, 4.69) is 25.8 Å². The fourth-order valence-electron chi connectivity index (χ4n) is 3.94. The number of rotatable bonds is 6. The summed E-state index contributed by atoms with van der Waals surface area (Å²) in [7, 11) is 1.79. The number of piperidine rings is 1. The zero-order chi connectivity index (χ0) is 18.6. The SMILES string of the molecule is COCCC1CCN(Cc2cc3nc(Cl)nc(N4CCOCC4)c3s2)CC1. The van der Waals surface area contributed by atoms with Crippen molar-refractivity contribution in [3.63, 3.8) is 0 Å². The van der Waals surface area contributed by atoms with Crippen LogP contribution in [-0.4, -0.2) is 68.0 Å². The molecule has 4 rings (SSSR count). The highest BCUT2D eigenvalue weighted by atomic mass is 35.5. The number of methoxy groups -OCH3 is 1. The van der Waals surface area contributed by atoms with Gasteiger partial charge in [-0.2, -0.15) is 4.98 Å². The molecular formula is C19H27ClN4O2S. The van der Waals surface area contributed by atoms with Gasteiger partial charge in [-0.05, 0) is 55.9 Å². The number of morpholine rings is 1. The Hall–Kier alpha value is -0.990. The predicted octanol–water partition coefficient (Wildman–Crippen LogP) is 3.43. The quantitative estimate of drug-likeness (QED) is 0.680. The molecule has 2 saturated heterocycles. The van der Waals surface area contributed by atoms with Crippen molar-refractivity contribution in [2.24, 2.45) is 5.92 Å². The van der Waals surface area contributed by atoms with Crippen LogP contribution in [0.4, 0.5) is 5.82 Å². The molecule has 0 aromatic carbocycles. The van der Waals surface area contributed by atoms with Gasteiger partial charge in [0.2, 0.25) is 5.28 Å². The highest BCUT2D eigenvalue weighted by Gasteiger charge is 2.22. The van der Waals surface area contributed by atoms with Gasteiger partial charge in [0.25, 0.3) is 0 Å². The zero-order valence-electron chi connectivity index (χ0n) is 15.8. The van der Waals surface area contributed by atoms with Crippen molar-refractivity contribution in [3.8, 4) is 0 Å². The van der Waals surface area contributed by atoms with E-state index in [-0.39, 0.29) is 0 Å². The Morgan fingerprint density at radius 1 is 1.22 bits per heavy atom. The van der Waals surface area contributed by atoms with Crippen LogP contribution in [0.1, 0.15) is 24.1 Å². The highest BCUT2D eigenvalue weighted by Crippen LogP contribution is 2.34. The first-order valence-corrected chi connectivity index (χ1v) is 10.9. The third-order valence-electron chi connectivity index (χ3n) is 5.50. The molecule has 2 aromatic rings. The van der Waals surface area contributed by atoms with E-state index in [1.165, 1.54) is 24.1 Å². The molecule has 148 valence electrons. The van der Waals surface area contributed by atoms with Gasteiger partial charge in [0.1, 0.15) is 0 Å². The summed E-state index contributed by atoms with van der Waals surface area (Å²) in [5.41, 5.74) is 0.964.